The van der Waals surface area contributed by atoms with Crippen molar-refractivity contribution in [2.75, 3.05) is 0 Å². The molecule has 20 heavy (non-hydrogen) atoms. The van der Waals surface area contributed by atoms with Gasteiger partial charge in [-0.25, -0.2) is 8.78 Å². The number of hydrogen-bond donors (Lipinski definition) is 0. The molecule has 0 amide bonds. The summed E-state index contributed by atoms with van der Waals surface area (Å²) in [5.41, 5.74) is 1.77. The second kappa shape index (κ2) is 5.53. The van der Waals surface area contributed by atoms with E-state index in [4.69, 9.17) is 0 Å². The molecule has 0 saturated heterocycles. The lowest BCUT2D eigenvalue weighted by Crippen LogP contribution is -2.10. The van der Waals surface area contributed by atoms with Gasteiger partial charge < -0.3 is 0 Å². The molecule has 0 saturated carbocycles. The number of halogens is 2. The van der Waals surface area contributed by atoms with Crippen LogP contribution < -0.4 is 0 Å². The van der Waals surface area contributed by atoms with Crippen LogP contribution in [-0.4, -0.2) is 15.6 Å². The van der Waals surface area contributed by atoms with Crippen molar-refractivity contribution in [3.05, 3.63) is 52.3 Å². The van der Waals surface area contributed by atoms with E-state index >= 15 is 0 Å². The number of hydrogen-bond acceptors (Lipinski definition) is 2. The molecular formula is C15H16F2N2O. The first-order valence-electron chi connectivity index (χ1n) is 6.43. The third-order valence-electron chi connectivity index (χ3n) is 3.28. The topological polar surface area (TPSA) is 34.9 Å². The SMILES string of the molecule is CCc1cc(CC(=O)c2cc(C)c(F)cc2F)n(C)n1. The first kappa shape index (κ1) is 14.4. The van der Waals surface area contributed by atoms with Crippen molar-refractivity contribution in [3.63, 3.8) is 0 Å². The maximum absolute atomic E-state index is 13.7. The summed E-state index contributed by atoms with van der Waals surface area (Å²) >= 11 is 0. The van der Waals surface area contributed by atoms with E-state index in [9.17, 15) is 13.6 Å². The van der Waals surface area contributed by atoms with Crippen LogP contribution in [0.5, 0.6) is 0 Å². The highest BCUT2D eigenvalue weighted by Gasteiger charge is 2.17. The molecule has 0 bridgehead atoms. The smallest absolute Gasteiger partial charge is 0.171 e. The number of Topliss-reactive ketones (excluding diaryl/α,β-unsaturated/α-hetero) is 1. The van der Waals surface area contributed by atoms with E-state index < -0.39 is 11.6 Å². The molecule has 0 fully saturated rings. The van der Waals surface area contributed by atoms with Gasteiger partial charge in [-0.2, -0.15) is 5.10 Å². The highest BCUT2D eigenvalue weighted by Crippen LogP contribution is 2.17. The number of benzene rings is 1. The Balaban J connectivity index is 2.28. The number of ketones is 1. The van der Waals surface area contributed by atoms with Crippen LogP contribution in [0.2, 0.25) is 0 Å². The lowest BCUT2D eigenvalue weighted by molar-refractivity contribution is 0.0986. The maximum Gasteiger partial charge on any atom is 0.171 e. The molecule has 0 aliphatic carbocycles. The van der Waals surface area contributed by atoms with E-state index in [1.54, 1.807) is 11.7 Å². The first-order valence-corrected chi connectivity index (χ1v) is 6.43. The van der Waals surface area contributed by atoms with Crippen molar-refractivity contribution >= 4 is 5.78 Å². The Hall–Kier alpha value is -2.04. The third-order valence-corrected chi connectivity index (χ3v) is 3.28. The zero-order valence-electron chi connectivity index (χ0n) is 11.7. The Morgan fingerprint density at radius 1 is 1.25 bits per heavy atom. The van der Waals surface area contributed by atoms with Gasteiger partial charge in [-0.1, -0.05) is 6.92 Å². The van der Waals surface area contributed by atoms with Crippen LogP contribution in [0.1, 0.15) is 34.2 Å². The molecule has 0 unspecified atom stereocenters. The van der Waals surface area contributed by atoms with Crippen molar-refractivity contribution in [2.45, 2.75) is 26.7 Å². The third kappa shape index (κ3) is 2.76. The van der Waals surface area contributed by atoms with E-state index in [1.165, 1.54) is 13.0 Å². The van der Waals surface area contributed by atoms with Crippen molar-refractivity contribution in [1.29, 1.82) is 0 Å². The summed E-state index contributed by atoms with van der Waals surface area (Å²) in [6.07, 6.45) is 0.817. The lowest BCUT2D eigenvalue weighted by atomic mass is 10.0. The largest absolute Gasteiger partial charge is 0.294 e. The molecule has 106 valence electrons. The number of carbonyl (C=O) groups excluding carboxylic acids is 1. The summed E-state index contributed by atoms with van der Waals surface area (Å²) in [5.74, 6) is -1.85. The van der Waals surface area contributed by atoms with E-state index in [1.807, 2.05) is 13.0 Å². The Morgan fingerprint density at radius 3 is 2.55 bits per heavy atom. The number of nitrogens with zero attached hydrogens (tertiary/aromatic N) is 2. The molecular weight excluding hydrogens is 262 g/mol. The highest BCUT2D eigenvalue weighted by atomic mass is 19.1. The van der Waals surface area contributed by atoms with Gasteiger partial charge in [0.15, 0.2) is 5.78 Å². The standard InChI is InChI=1S/C15H16F2N2O/c1-4-10-6-11(19(3)18-10)7-15(20)12-5-9(2)13(16)8-14(12)17/h5-6,8H,4,7H2,1-3H3. The summed E-state index contributed by atoms with van der Waals surface area (Å²) in [4.78, 5) is 12.1. The molecule has 2 rings (SSSR count). The minimum absolute atomic E-state index is 0.0471. The fraction of sp³-hybridized carbons (Fsp3) is 0.333. The van der Waals surface area contributed by atoms with Crippen molar-refractivity contribution < 1.29 is 13.6 Å². The predicted octanol–water partition coefficient (Wildman–Crippen LogP) is 2.99. The van der Waals surface area contributed by atoms with Crippen LogP contribution in [0, 0.1) is 18.6 Å². The van der Waals surface area contributed by atoms with Gasteiger partial charge in [0.2, 0.25) is 0 Å². The highest BCUT2D eigenvalue weighted by molar-refractivity contribution is 5.97. The fourth-order valence-corrected chi connectivity index (χ4v) is 2.04. The van der Waals surface area contributed by atoms with Crippen LogP contribution in [-0.2, 0) is 19.9 Å². The Bertz CT molecular complexity index is 662. The molecule has 1 heterocycles. The van der Waals surface area contributed by atoms with Crippen LogP contribution in [0.15, 0.2) is 18.2 Å². The second-order valence-corrected chi connectivity index (χ2v) is 4.79. The fourth-order valence-electron chi connectivity index (χ4n) is 2.04. The Kier molecular flexibility index (Phi) is 3.97. The Labute approximate surface area is 116 Å². The first-order chi connectivity index (χ1) is 9.42. The van der Waals surface area contributed by atoms with Gasteiger partial charge in [-0.05, 0) is 31.0 Å². The van der Waals surface area contributed by atoms with Gasteiger partial charge in [0.1, 0.15) is 11.6 Å². The average Bonchev–Trinajstić information content (AvgIpc) is 2.74. The van der Waals surface area contributed by atoms with Gasteiger partial charge >= 0.3 is 0 Å². The monoisotopic (exact) mass is 278 g/mol. The van der Waals surface area contributed by atoms with Gasteiger partial charge in [-0.15, -0.1) is 0 Å². The normalized spacial score (nSPS) is 10.8. The molecule has 0 N–H and O–H groups in total. The average molecular weight is 278 g/mol. The van der Waals surface area contributed by atoms with Gasteiger partial charge in [-0.3, -0.25) is 9.48 Å². The zero-order valence-corrected chi connectivity index (χ0v) is 11.7. The van der Waals surface area contributed by atoms with Crippen molar-refractivity contribution in [3.8, 4) is 0 Å². The summed E-state index contributed by atoms with van der Waals surface area (Å²) in [5, 5.41) is 4.24. The van der Waals surface area contributed by atoms with E-state index in [0.717, 1.165) is 18.2 Å². The van der Waals surface area contributed by atoms with Gasteiger partial charge in [0.05, 0.1) is 17.7 Å². The van der Waals surface area contributed by atoms with E-state index in [2.05, 4.69) is 5.10 Å². The molecule has 0 radical (unpaired) electrons. The molecule has 2 aromatic rings. The van der Waals surface area contributed by atoms with Gasteiger partial charge in [0.25, 0.3) is 0 Å². The van der Waals surface area contributed by atoms with Crippen molar-refractivity contribution in [2.24, 2.45) is 7.05 Å². The molecule has 0 spiro atoms. The predicted molar refractivity (Wildman–Crippen MR) is 71.7 cm³/mol. The van der Waals surface area contributed by atoms with E-state index in [0.29, 0.717) is 5.69 Å². The molecule has 5 heteroatoms. The molecule has 3 nitrogen and oxygen atoms in total. The minimum Gasteiger partial charge on any atom is -0.294 e. The molecule has 1 aromatic carbocycles. The summed E-state index contributed by atoms with van der Waals surface area (Å²) in [6, 6.07) is 3.83. The van der Waals surface area contributed by atoms with E-state index in [-0.39, 0.29) is 23.3 Å². The van der Waals surface area contributed by atoms with Crippen LogP contribution >= 0.6 is 0 Å². The molecule has 0 aliphatic rings. The molecule has 0 aliphatic heterocycles. The number of aromatic nitrogens is 2. The number of carbonyl (C=O) groups is 1. The summed E-state index contributed by atoms with van der Waals surface area (Å²) < 4.78 is 28.5. The van der Waals surface area contributed by atoms with Crippen LogP contribution in [0.4, 0.5) is 8.78 Å². The molecule has 0 atom stereocenters. The quantitative estimate of drug-likeness (QED) is 0.806. The maximum atomic E-state index is 13.7. The van der Waals surface area contributed by atoms with Crippen LogP contribution in [0.25, 0.3) is 0 Å². The summed E-state index contributed by atoms with van der Waals surface area (Å²) in [7, 11) is 1.74. The number of aryl methyl sites for hydroxylation is 3. The van der Waals surface area contributed by atoms with Crippen LogP contribution in [0.3, 0.4) is 0 Å². The summed E-state index contributed by atoms with van der Waals surface area (Å²) in [6.45, 7) is 3.47. The number of rotatable bonds is 4. The second-order valence-electron chi connectivity index (χ2n) is 4.79. The minimum atomic E-state index is -0.823. The lowest BCUT2D eigenvalue weighted by Gasteiger charge is -2.05. The Morgan fingerprint density at radius 2 is 1.95 bits per heavy atom. The van der Waals surface area contributed by atoms with Gasteiger partial charge in [0, 0.05) is 18.8 Å². The van der Waals surface area contributed by atoms with Crippen molar-refractivity contribution in [1.82, 2.24) is 9.78 Å². The zero-order chi connectivity index (χ0) is 14.9. The molecule has 1 aromatic heterocycles.